The minimum atomic E-state index is -0.408. The number of hydrogen-bond donors (Lipinski definition) is 4. The predicted octanol–water partition coefficient (Wildman–Crippen LogP) is 5.26. The molecule has 4 N–H and O–H groups in total. The Kier molecular flexibility index (Phi) is 4.93. The fourth-order valence-electron chi connectivity index (χ4n) is 3.25. The van der Waals surface area contributed by atoms with Crippen LogP contribution in [0.4, 0.5) is 0 Å². The Hall–Kier alpha value is -2.36. The first-order valence-electron chi connectivity index (χ1n) is 8.86. The van der Waals surface area contributed by atoms with Gasteiger partial charge < -0.3 is 20.4 Å². The van der Waals surface area contributed by atoms with Gasteiger partial charge >= 0.3 is 0 Å². The summed E-state index contributed by atoms with van der Waals surface area (Å²) < 4.78 is 0. The maximum atomic E-state index is 10.5. The lowest BCUT2D eigenvalue weighted by molar-refractivity contribution is 0.424. The number of phenolic OH excluding ortho intramolecular Hbond substituents is 4. The third-order valence-corrected chi connectivity index (χ3v) is 4.84. The Labute approximate surface area is 155 Å². The van der Waals surface area contributed by atoms with Crippen LogP contribution in [0.15, 0.2) is 24.3 Å². The van der Waals surface area contributed by atoms with Gasteiger partial charge in [0.25, 0.3) is 0 Å². The van der Waals surface area contributed by atoms with Crippen molar-refractivity contribution in [1.82, 2.24) is 0 Å². The molecule has 0 aliphatic rings. The first kappa shape index (κ1) is 20.0. The highest BCUT2D eigenvalue weighted by atomic mass is 16.3. The van der Waals surface area contributed by atoms with Crippen molar-refractivity contribution in [3.05, 3.63) is 46.5 Å². The molecule has 0 atom stereocenters. The summed E-state index contributed by atoms with van der Waals surface area (Å²) in [7, 11) is 0. The molecule has 0 amide bonds. The van der Waals surface area contributed by atoms with Crippen LogP contribution in [0.25, 0.3) is 0 Å². The van der Waals surface area contributed by atoms with Crippen molar-refractivity contribution in [3.63, 3.8) is 0 Å². The third kappa shape index (κ3) is 3.74. The van der Waals surface area contributed by atoms with Crippen molar-refractivity contribution in [3.8, 4) is 23.0 Å². The van der Waals surface area contributed by atoms with E-state index in [1.165, 1.54) is 12.1 Å². The topological polar surface area (TPSA) is 80.9 Å². The van der Waals surface area contributed by atoms with Gasteiger partial charge in [-0.15, -0.1) is 0 Å². The molecule has 2 aromatic carbocycles. The molecule has 0 fully saturated rings. The van der Waals surface area contributed by atoms with Gasteiger partial charge in [-0.25, -0.2) is 0 Å². The second kappa shape index (κ2) is 6.42. The highest BCUT2D eigenvalue weighted by Crippen LogP contribution is 2.44. The molecule has 4 heteroatoms. The maximum Gasteiger partial charge on any atom is 0.119 e. The zero-order valence-corrected chi connectivity index (χ0v) is 16.7. The summed E-state index contributed by atoms with van der Waals surface area (Å²) in [6.07, 6.45) is 0. The van der Waals surface area contributed by atoms with Crippen LogP contribution in [-0.2, 0) is 10.8 Å². The van der Waals surface area contributed by atoms with Crippen LogP contribution in [0.3, 0.4) is 0 Å². The molecule has 2 aromatic rings. The van der Waals surface area contributed by atoms with Crippen LogP contribution < -0.4 is 0 Å². The Morgan fingerprint density at radius 1 is 0.577 bits per heavy atom. The Morgan fingerprint density at radius 2 is 0.885 bits per heavy atom. The molecule has 0 bridgehead atoms. The minimum Gasteiger partial charge on any atom is -0.508 e. The average molecular weight is 358 g/mol. The zero-order chi connectivity index (χ0) is 20.0. The van der Waals surface area contributed by atoms with E-state index in [9.17, 15) is 20.4 Å². The van der Waals surface area contributed by atoms with Gasteiger partial charge in [-0.3, -0.25) is 0 Å². The molecule has 0 radical (unpaired) electrons. The summed E-state index contributed by atoms with van der Waals surface area (Å²) in [5, 5.41) is 41.8. The molecule has 26 heavy (non-hydrogen) atoms. The summed E-state index contributed by atoms with van der Waals surface area (Å²) in [5.74, 6) is -0.0905. The highest BCUT2D eigenvalue weighted by molar-refractivity contribution is 5.55. The monoisotopic (exact) mass is 358 g/mol. The summed E-state index contributed by atoms with van der Waals surface area (Å²) >= 11 is 0. The highest BCUT2D eigenvalue weighted by Gasteiger charge is 2.26. The minimum absolute atomic E-state index is 0.0546. The van der Waals surface area contributed by atoms with Crippen LogP contribution >= 0.6 is 0 Å². The molecule has 0 aromatic heterocycles. The molecule has 4 nitrogen and oxygen atoms in total. The lowest BCUT2D eigenvalue weighted by Gasteiger charge is -2.25. The first-order chi connectivity index (χ1) is 11.7. The maximum absolute atomic E-state index is 10.5. The van der Waals surface area contributed by atoms with Gasteiger partial charge in [-0.05, 0) is 35.1 Å². The van der Waals surface area contributed by atoms with Crippen molar-refractivity contribution in [2.24, 2.45) is 0 Å². The van der Waals surface area contributed by atoms with E-state index in [-0.39, 0.29) is 33.8 Å². The smallest absolute Gasteiger partial charge is 0.119 e. The van der Waals surface area contributed by atoms with E-state index >= 15 is 0 Å². The fraction of sp³-hybridized carbons (Fsp3) is 0.455. The van der Waals surface area contributed by atoms with Crippen LogP contribution in [0.2, 0.25) is 0 Å². The standard InChI is InChI=1S/C22H30O4/c1-12(13-8-19(25)15(10-17(13)23)21(2,3)4)14-9-20(26)16(11-18(14)24)22(5,6)7/h8-12,23-26H,1-7H3. The van der Waals surface area contributed by atoms with Crippen molar-refractivity contribution in [2.45, 2.75) is 65.2 Å². The second-order valence-corrected chi connectivity index (χ2v) is 9.08. The first-order valence-corrected chi connectivity index (χ1v) is 8.86. The Morgan fingerprint density at radius 3 is 1.15 bits per heavy atom. The van der Waals surface area contributed by atoms with E-state index in [0.717, 1.165) is 0 Å². The third-order valence-electron chi connectivity index (χ3n) is 4.84. The summed E-state index contributed by atoms with van der Waals surface area (Å²) in [4.78, 5) is 0. The molecule has 0 heterocycles. The van der Waals surface area contributed by atoms with Crippen LogP contribution in [-0.4, -0.2) is 20.4 Å². The quantitative estimate of drug-likeness (QED) is 0.552. The number of hydrogen-bond acceptors (Lipinski definition) is 4. The number of phenols is 4. The fourth-order valence-corrected chi connectivity index (χ4v) is 3.25. The molecule has 0 saturated carbocycles. The molecule has 0 spiro atoms. The molecule has 0 aliphatic heterocycles. The zero-order valence-electron chi connectivity index (χ0n) is 16.7. The van der Waals surface area contributed by atoms with E-state index < -0.39 is 5.92 Å². The SMILES string of the molecule is CC(c1cc(O)c(C(C)(C)C)cc1O)c1cc(O)c(C(C)(C)C)cc1O. The lowest BCUT2D eigenvalue weighted by Crippen LogP contribution is -2.12. The number of aromatic hydroxyl groups is 4. The van der Waals surface area contributed by atoms with E-state index in [1.54, 1.807) is 12.1 Å². The van der Waals surface area contributed by atoms with Gasteiger partial charge in [-0.1, -0.05) is 48.5 Å². The van der Waals surface area contributed by atoms with Gasteiger partial charge in [0, 0.05) is 28.2 Å². The van der Waals surface area contributed by atoms with Gasteiger partial charge in [0.05, 0.1) is 0 Å². The summed E-state index contributed by atoms with van der Waals surface area (Å²) in [6, 6.07) is 6.21. The van der Waals surface area contributed by atoms with Gasteiger partial charge in [0.15, 0.2) is 0 Å². The molecule has 0 aliphatic carbocycles. The lowest BCUT2D eigenvalue weighted by atomic mass is 9.81. The van der Waals surface area contributed by atoms with Crippen molar-refractivity contribution < 1.29 is 20.4 Å². The van der Waals surface area contributed by atoms with Crippen LogP contribution in [0.5, 0.6) is 23.0 Å². The predicted molar refractivity (Wildman–Crippen MR) is 104 cm³/mol. The van der Waals surface area contributed by atoms with Crippen molar-refractivity contribution >= 4 is 0 Å². The largest absolute Gasteiger partial charge is 0.508 e. The van der Waals surface area contributed by atoms with E-state index in [2.05, 4.69) is 0 Å². The van der Waals surface area contributed by atoms with Crippen molar-refractivity contribution in [2.75, 3.05) is 0 Å². The molecular formula is C22H30O4. The number of benzene rings is 2. The van der Waals surface area contributed by atoms with Crippen LogP contribution in [0, 0.1) is 0 Å². The Bertz CT molecular complexity index is 754. The Balaban J connectivity index is 2.55. The average Bonchev–Trinajstić information content (AvgIpc) is 2.48. The van der Waals surface area contributed by atoms with E-state index in [1.807, 2.05) is 48.5 Å². The van der Waals surface area contributed by atoms with Crippen molar-refractivity contribution in [1.29, 1.82) is 0 Å². The van der Waals surface area contributed by atoms with Crippen LogP contribution in [0.1, 0.15) is 76.6 Å². The summed E-state index contributed by atoms with van der Waals surface area (Å²) in [5.41, 5.74) is 1.68. The van der Waals surface area contributed by atoms with E-state index in [0.29, 0.717) is 22.3 Å². The van der Waals surface area contributed by atoms with E-state index in [4.69, 9.17) is 0 Å². The molecular weight excluding hydrogens is 328 g/mol. The molecule has 2 rings (SSSR count). The summed E-state index contributed by atoms with van der Waals surface area (Å²) in [6.45, 7) is 13.6. The van der Waals surface area contributed by atoms with Gasteiger partial charge in [0.2, 0.25) is 0 Å². The van der Waals surface area contributed by atoms with Gasteiger partial charge in [-0.2, -0.15) is 0 Å². The number of rotatable bonds is 2. The normalized spacial score (nSPS) is 12.6. The molecule has 0 unspecified atom stereocenters. The second-order valence-electron chi connectivity index (χ2n) is 9.08. The molecule has 0 saturated heterocycles. The molecule has 142 valence electrons. The van der Waals surface area contributed by atoms with Gasteiger partial charge in [0.1, 0.15) is 23.0 Å².